The molecule has 0 aliphatic rings. The Balaban J connectivity index is 2.71. The molecule has 1 aromatic rings. The van der Waals surface area contributed by atoms with Crippen LogP contribution in [-0.2, 0) is 4.79 Å². The number of nitrogens with one attached hydrogen (secondary N) is 2. The number of hydrogen-bond donors (Lipinski definition) is 3. The summed E-state index contributed by atoms with van der Waals surface area (Å²) in [5.41, 5.74) is 1.25. The maximum atomic E-state index is 11.7. The SMILES string of the molecule is C=CCC(NC(=O)Nc1cccc(C)c1Cl)C(=O)O. The molecule has 1 rings (SSSR count). The van der Waals surface area contributed by atoms with E-state index in [2.05, 4.69) is 17.2 Å². The number of urea groups is 1. The normalized spacial score (nSPS) is 11.5. The van der Waals surface area contributed by atoms with Crippen molar-refractivity contribution >= 4 is 29.3 Å². The Morgan fingerprint density at radius 3 is 2.79 bits per heavy atom. The van der Waals surface area contributed by atoms with Crippen LogP contribution in [-0.4, -0.2) is 23.1 Å². The van der Waals surface area contributed by atoms with Crippen LogP contribution >= 0.6 is 11.6 Å². The maximum Gasteiger partial charge on any atom is 0.326 e. The van der Waals surface area contributed by atoms with Crippen molar-refractivity contribution in [1.82, 2.24) is 5.32 Å². The molecule has 0 aliphatic heterocycles. The van der Waals surface area contributed by atoms with Crippen LogP contribution in [0, 0.1) is 6.92 Å². The topological polar surface area (TPSA) is 78.4 Å². The third-order valence-corrected chi connectivity index (χ3v) is 2.95. The van der Waals surface area contributed by atoms with Crippen LogP contribution in [0.25, 0.3) is 0 Å². The second-order valence-electron chi connectivity index (χ2n) is 3.95. The number of carbonyl (C=O) groups excluding carboxylic acids is 1. The summed E-state index contributed by atoms with van der Waals surface area (Å²) in [5, 5.41) is 14.2. The average molecular weight is 283 g/mol. The summed E-state index contributed by atoms with van der Waals surface area (Å²) in [6.45, 7) is 5.25. The van der Waals surface area contributed by atoms with Crippen LogP contribution in [0.5, 0.6) is 0 Å². The molecule has 0 aromatic heterocycles. The maximum absolute atomic E-state index is 11.7. The van der Waals surface area contributed by atoms with E-state index in [0.717, 1.165) is 5.56 Å². The summed E-state index contributed by atoms with van der Waals surface area (Å²) in [6, 6.07) is 3.55. The molecule has 1 aromatic carbocycles. The van der Waals surface area contributed by atoms with E-state index in [1.807, 2.05) is 13.0 Å². The van der Waals surface area contributed by atoms with Crippen LogP contribution in [0.1, 0.15) is 12.0 Å². The molecule has 6 heteroatoms. The minimum absolute atomic E-state index is 0.143. The number of carboxylic acids is 1. The van der Waals surface area contributed by atoms with E-state index in [1.165, 1.54) is 6.08 Å². The number of aryl methyl sites for hydroxylation is 1. The first-order valence-electron chi connectivity index (χ1n) is 5.62. The lowest BCUT2D eigenvalue weighted by molar-refractivity contribution is -0.139. The standard InChI is InChI=1S/C13H15ClN2O3/c1-3-5-10(12(17)18)16-13(19)15-9-7-4-6-8(2)11(9)14/h3-4,6-7,10H,1,5H2,2H3,(H,17,18)(H2,15,16,19). The van der Waals surface area contributed by atoms with Gasteiger partial charge in [-0.3, -0.25) is 0 Å². The van der Waals surface area contributed by atoms with Gasteiger partial charge in [0.05, 0.1) is 10.7 Å². The Kier molecular flexibility index (Phi) is 5.38. The summed E-state index contributed by atoms with van der Waals surface area (Å²) in [6.07, 6.45) is 1.57. The molecular formula is C13H15ClN2O3. The number of carboxylic acid groups (broad SMARTS) is 1. The van der Waals surface area contributed by atoms with E-state index in [4.69, 9.17) is 16.7 Å². The number of rotatable bonds is 5. The van der Waals surface area contributed by atoms with E-state index in [1.54, 1.807) is 12.1 Å². The predicted molar refractivity (Wildman–Crippen MR) is 74.6 cm³/mol. The molecule has 0 aliphatic carbocycles. The molecule has 0 fully saturated rings. The fourth-order valence-electron chi connectivity index (χ4n) is 1.45. The van der Waals surface area contributed by atoms with Gasteiger partial charge in [0.2, 0.25) is 0 Å². The van der Waals surface area contributed by atoms with Crippen molar-refractivity contribution < 1.29 is 14.7 Å². The highest BCUT2D eigenvalue weighted by molar-refractivity contribution is 6.34. The molecule has 1 atom stereocenters. The van der Waals surface area contributed by atoms with Gasteiger partial charge in [0.1, 0.15) is 6.04 Å². The van der Waals surface area contributed by atoms with Crippen LogP contribution in [0.2, 0.25) is 5.02 Å². The molecule has 0 bridgehead atoms. The Bertz CT molecular complexity index is 503. The molecule has 102 valence electrons. The van der Waals surface area contributed by atoms with Crippen LogP contribution in [0.4, 0.5) is 10.5 Å². The highest BCUT2D eigenvalue weighted by Crippen LogP contribution is 2.24. The highest BCUT2D eigenvalue weighted by Gasteiger charge is 2.18. The van der Waals surface area contributed by atoms with Gasteiger partial charge in [0, 0.05) is 0 Å². The molecule has 19 heavy (non-hydrogen) atoms. The minimum Gasteiger partial charge on any atom is -0.480 e. The van der Waals surface area contributed by atoms with Gasteiger partial charge in [-0.05, 0) is 25.0 Å². The van der Waals surface area contributed by atoms with Crippen LogP contribution < -0.4 is 10.6 Å². The van der Waals surface area contributed by atoms with Crippen LogP contribution in [0.15, 0.2) is 30.9 Å². The number of anilines is 1. The molecule has 0 heterocycles. The second kappa shape index (κ2) is 6.80. The van der Waals surface area contributed by atoms with Crippen molar-refractivity contribution in [2.45, 2.75) is 19.4 Å². The smallest absolute Gasteiger partial charge is 0.326 e. The van der Waals surface area contributed by atoms with Gasteiger partial charge in [-0.2, -0.15) is 0 Å². The van der Waals surface area contributed by atoms with Crippen molar-refractivity contribution in [2.24, 2.45) is 0 Å². The Labute approximate surface area is 116 Å². The van der Waals surface area contributed by atoms with Crippen molar-refractivity contribution in [1.29, 1.82) is 0 Å². The molecule has 0 radical (unpaired) electrons. The molecule has 3 N–H and O–H groups in total. The van der Waals surface area contributed by atoms with Crippen molar-refractivity contribution in [3.05, 3.63) is 41.4 Å². The van der Waals surface area contributed by atoms with Gasteiger partial charge in [-0.25, -0.2) is 9.59 Å². The highest BCUT2D eigenvalue weighted by atomic mass is 35.5. The number of hydrogen-bond acceptors (Lipinski definition) is 2. The second-order valence-corrected chi connectivity index (χ2v) is 4.33. The first kappa shape index (κ1) is 15.0. The number of carbonyl (C=O) groups is 2. The summed E-state index contributed by atoms with van der Waals surface area (Å²) in [7, 11) is 0. The molecular weight excluding hydrogens is 268 g/mol. The van der Waals surface area contributed by atoms with E-state index in [0.29, 0.717) is 10.7 Å². The third kappa shape index (κ3) is 4.30. The summed E-state index contributed by atoms with van der Waals surface area (Å²) in [5.74, 6) is -1.12. The van der Waals surface area contributed by atoms with Gasteiger partial charge in [0.15, 0.2) is 0 Å². The number of amides is 2. The monoisotopic (exact) mass is 282 g/mol. The van der Waals surface area contributed by atoms with E-state index < -0.39 is 18.0 Å². The van der Waals surface area contributed by atoms with Gasteiger partial charge < -0.3 is 15.7 Å². The van der Waals surface area contributed by atoms with Gasteiger partial charge in [0.25, 0.3) is 0 Å². The lowest BCUT2D eigenvalue weighted by Gasteiger charge is -2.14. The van der Waals surface area contributed by atoms with Gasteiger partial charge in [-0.1, -0.05) is 29.8 Å². The fraction of sp³-hybridized carbons (Fsp3) is 0.231. The molecule has 0 saturated carbocycles. The molecule has 1 unspecified atom stereocenters. The van der Waals surface area contributed by atoms with Crippen molar-refractivity contribution in [2.75, 3.05) is 5.32 Å². The molecule has 0 saturated heterocycles. The zero-order valence-electron chi connectivity index (χ0n) is 10.4. The van der Waals surface area contributed by atoms with E-state index >= 15 is 0 Å². The molecule has 0 spiro atoms. The number of aliphatic carboxylic acids is 1. The first-order valence-corrected chi connectivity index (χ1v) is 5.99. The van der Waals surface area contributed by atoms with E-state index in [-0.39, 0.29) is 6.42 Å². The van der Waals surface area contributed by atoms with Crippen molar-refractivity contribution in [3.8, 4) is 0 Å². The minimum atomic E-state index is -1.12. The quantitative estimate of drug-likeness (QED) is 0.727. The predicted octanol–water partition coefficient (Wildman–Crippen LogP) is 2.80. The molecule has 2 amide bonds. The lowest BCUT2D eigenvalue weighted by atomic mass is 10.2. The van der Waals surface area contributed by atoms with Crippen LogP contribution in [0.3, 0.4) is 0 Å². The summed E-state index contributed by atoms with van der Waals surface area (Å²) < 4.78 is 0. The van der Waals surface area contributed by atoms with E-state index in [9.17, 15) is 9.59 Å². The lowest BCUT2D eigenvalue weighted by Crippen LogP contribution is -2.42. The average Bonchev–Trinajstić information content (AvgIpc) is 2.34. The zero-order chi connectivity index (χ0) is 14.4. The zero-order valence-corrected chi connectivity index (χ0v) is 11.2. The van der Waals surface area contributed by atoms with Crippen molar-refractivity contribution in [3.63, 3.8) is 0 Å². The number of benzene rings is 1. The van der Waals surface area contributed by atoms with Gasteiger partial charge in [-0.15, -0.1) is 6.58 Å². The number of halogens is 1. The fourth-order valence-corrected chi connectivity index (χ4v) is 1.62. The first-order chi connectivity index (χ1) is 8.95. The molecule has 5 nitrogen and oxygen atoms in total. The summed E-state index contributed by atoms with van der Waals surface area (Å²) in [4.78, 5) is 22.6. The Morgan fingerprint density at radius 1 is 1.53 bits per heavy atom. The third-order valence-electron chi connectivity index (χ3n) is 2.45. The Morgan fingerprint density at radius 2 is 2.21 bits per heavy atom. The summed E-state index contributed by atoms with van der Waals surface area (Å²) >= 11 is 6.02. The largest absolute Gasteiger partial charge is 0.480 e. The Hall–Kier alpha value is -2.01. The van der Waals surface area contributed by atoms with Gasteiger partial charge >= 0.3 is 12.0 Å².